The fourth-order valence-electron chi connectivity index (χ4n) is 1.79. The van der Waals surface area contributed by atoms with E-state index in [-0.39, 0.29) is 0 Å². The molecule has 0 unspecified atom stereocenters. The number of nitrogens with zero attached hydrogens (tertiary/aromatic N) is 2. The number of sulfonamides is 1. The molecule has 0 radical (unpaired) electrons. The third-order valence-corrected chi connectivity index (χ3v) is 3.30. The summed E-state index contributed by atoms with van der Waals surface area (Å²) in [5, 5.41) is 6.36. The van der Waals surface area contributed by atoms with Gasteiger partial charge >= 0.3 is 0 Å². The van der Waals surface area contributed by atoms with Crippen molar-refractivity contribution in [3.05, 3.63) is 11.9 Å². The minimum absolute atomic E-state index is 0.324. The average molecular weight is 301 g/mol. The minimum atomic E-state index is -3.15. The molecule has 0 aliphatic carbocycles. The van der Waals surface area contributed by atoms with Gasteiger partial charge in [0, 0.05) is 25.2 Å². The number of hydrogen-bond donors (Lipinski definition) is 3. The highest BCUT2D eigenvalue weighted by Crippen LogP contribution is 2.21. The van der Waals surface area contributed by atoms with Crippen LogP contribution >= 0.6 is 0 Å². The zero-order valence-corrected chi connectivity index (χ0v) is 13.0. The predicted molar refractivity (Wildman–Crippen MR) is 81.5 cm³/mol. The van der Waals surface area contributed by atoms with Crippen molar-refractivity contribution in [2.45, 2.75) is 26.7 Å². The molecule has 0 aromatic carbocycles. The molecule has 7 nitrogen and oxygen atoms in total. The van der Waals surface area contributed by atoms with E-state index in [9.17, 15) is 8.42 Å². The molecule has 0 saturated heterocycles. The van der Waals surface area contributed by atoms with Gasteiger partial charge in [0.15, 0.2) is 0 Å². The van der Waals surface area contributed by atoms with Crippen molar-refractivity contribution in [1.29, 1.82) is 0 Å². The van der Waals surface area contributed by atoms with Gasteiger partial charge in [0.1, 0.15) is 18.0 Å². The maximum absolute atomic E-state index is 11.0. The first kappa shape index (κ1) is 16.6. The second-order valence-electron chi connectivity index (χ2n) is 4.42. The Kier molecular flexibility index (Phi) is 6.66. The van der Waals surface area contributed by atoms with Gasteiger partial charge in [-0.3, -0.25) is 0 Å². The lowest BCUT2D eigenvalue weighted by Crippen LogP contribution is -2.28. The number of hydrogen-bond acceptors (Lipinski definition) is 6. The molecule has 1 aromatic rings. The van der Waals surface area contributed by atoms with Gasteiger partial charge in [0.25, 0.3) is 0 Å². The first-order chi connectivity index (χ1) is 9.48. The molecule has 8 heteroatoms. The normalized spacial score (nSPS) is 11.3. The molecular weight excluding hydrogens is 278 g/mol. The van der Waals surface area contributed by atoms with Crippen molar-refractivity contribution >= 4 is 21.7 Å². The van der Waals surface area contributed by atoms with Crippen LogP contribution in [0.2, 0.25) is 0 Å². The van der Waals surface area contributed by atoms with Gasteiger partial charge < -0.3 is 10.6 Å². The summed E-state index contributed by atoms with van der Waals surface area (Å²) in [7, 11) is -3.15. The Hall–Kier alpha value is -1.41. The molecule has 1 aromatic heterocycles. The van der Waals surface area contributed by atoms with Crippen LogP contribution in [0.1, 0.15) is 25.8 Å². The summed E-state index contributed by atoms with van der Waals surface area (Å²) in [5.74, 6) is 1.59. The second-order valence-corrected chi connectivity index (χ2v) is 6.26. The summed E-state index contributed by atoms with van der Waals surface area (Å²) in [6.07, 6.45) is 4.50. The van der Waals surface area contributed by atoms with Crippen LogP contribution in [0.3, 0.4) is 0 Å². The minimum Gasteiger partial charge on any atom is -0.370 e. The van der Waals surface area contributed by atoms with Crippen molar-refractivity contribution < 1.29 is 8.42 Å². The molecule has 0 spiro atoms. The third-order valence-electron chi connectivity index (χ3n) is 2.57. The highest BCUT2D eigenvalue weighted by Gasteiger charge is 2.10. The molecular formula is C12H23N5O2S. The smallest absolute Gasteiger partial charge is 0.208 e. The lowest BCUT2D eigenvalue weighted by Gasteiger charge is -2.14. The van der Waals surface area contributed by atoms with E-state index in [2.05, 4.69) is 32.2 Å². The molecule has 0 atom stereocenters. The van der Waals surface area contributed by atoms with Crippen LogP contribution in [0, 0.1) is 0 Å². The number of nitrogens with one attached hydrogen (secondary N) is 3. The van der Waals surface area contributed by atoms with E-state index >= 15 is 0 Å². The third kappa shape index (κ3) is 5.70. The van der Waals surface area contributed by atoms with Gasteiger partial charge in [-0.25, -0.2) is 23.1 Å². The molecule has 1 heterocycles. The van der Waals surface area contributed by atoms with Gasteiger partial charge in [-0.15, -0.1) is 0 Å². The van der Waals surface area contributed by atoms with E-state index < -0.39 is 10.0 Å². The summed E-state index contributed by atoms with van der Waals surface area (Å²) >= 11 is 0. The van der Waals surface area contributed by atoms with Crippen LogP contribution < -0.4 is 15.4 Å². The number of rotatable bonds is 9. The van der Waals surface area contributed by atoms with Crippen molar-refractivity contribution in [3.63, 3.8) is 0 Å². The van der Waals surface area contributed by atoms with E-state index in [0.717, 1.165) is 42.8 Å². The standard InChI is InChI=1S/C12H23N5O2S/c1-4-6-10-11(13-5-2)15-9-16-12(10)14-7-8-17-20(3,18)19/h9,17H,4-8H2,1-3H3,(H2,13,14,15,16). The molecule has 0 amide bonds. The quantitative estimate of drug-likeness (QED) is 0.585. The van der Waals surface area contributed by atoms with Crippen LogP contribution in [0.4, 0.5) is 11.6 Å². The van der Waals surface area contributed by atoms with Gasteiger partial charge in [0.05, 0.1) is 6.26 Å². The average Bonchev–Trinajstić information content (AvgIpc) is 2.37. The van der Waals surface area contributed by atoms with Crippen LogP contribution in [-0.4, -0.2) is 44.3 Å². The molecule has 0 aliphatic heterocycles. The Morgan fingerprint density at radius 3 is 2.30 bits per heavy atom. The van der Waals surface area contributed by atoms with Crippen molar-refractivity contribution in [2.75, 3.05) is 36.5 Å². The summed E-state index contributed by atoms with van der Waals surface area (Å²) < 4.78 is 24.4. The fourth-order valence-corrected chi connectivity index (χ4v) is 2.26. The van der Waals surface area contributed by atoms with E-state index in [1.165, 1.54) is 6.33 Å². The molecule has 0 aliphatic rings. The molecule has 0 saturated carbocycles. The van der Waals surface area contributed by atoms with Crippen LogP contribution in [-0.2, 0) is 16.4 Å². The van der Waals surface area contributed by atoms with Crippen molar-refractivity contribution in [3.8, 4) is 0 Å². The SMILES string of the molecule is CCCc1c(NCC)ncnc1NCCNS(C)(=O)=O. The topological polar surface area (TPSA) is 96.0 Å². The van der Waals surface area contributed by atoms with Crippen molar-refractivity contribution in [2.24, 2.45) is 0 Å². The largest absolute Gasteiger partial charge is 0.370 e. The van der Waals surface area contributed by atoms with E-state index in [4.69, 9.17) is 0 Å². The van der Waals surface area contributed by atoms with Gasteiger partial charge in [0.2, 0.25) is 10.0 Å². The lowest BCUT2D eigenvalue weighted by atomic mass is 10.1. The zero-order chi connectivity index (χ0) is 15.0. The Balaban J connectivity index is 2.70. The highest BCUT2D eigenvalue weighted by molar-refractivity contribution is 7.88. The van der Waals surface area contributed by atoms with E-state index in [1.54, 1.807) is 0 Å². The van der Waals surface area contributed by atoms with Crippen LogP contribution in [0.25, 0.3) is 0 Å². The molecule has 20 heavy (non-hydrogen) atoms. The predicted octanol–water partition coefficient (Wildman–Crippen LogP) is 0.822. The maximum Gasteiger partial charge on any atom is 0.208 e. The van der Waals surface area contributed by atoms with Gasteiger partial charge in [-0.1, -0.05) is 13.3 Å². The van der Waals surface area contributed by atoms with Crippen LogP contribution in [0.5, 0.6) is 0 Å². The molecule has 114 valence electrons. The first-order valence-electron chi connectivity index (χ1n) is 6.74. The van der Waals surface area contributed by atoms with Crippen molar-refractivity contribution in [1.82, 2.24) is 14.7 Å². The summed E-state index contributed by atoms with van der Waals surface area (Å²) in [4.78, 5) is 8.48. The first-order valence-corrected chi connectivity index (χ1v) is 8.63. The number of aromatic nitrogens is 2. The highest BCUT2D eigenvalue weighted by atomic mass is 32.2. The molecule has 1 rings (SSSR count). The molecule has 0 fully saturated rings. The summed E-state index contributed by atoms with van der Waals surface area (Å²) in [6, 6.07) is 0. The molecule has 0 bridgehead atoms. The van der Waals surface area contributed by atoms with E-state index in [0.29, 0.717) is 13.1 Å². The summed E-state index contributed by atoms with van der Waals surface area (Å²) in [6.45, 7) is 5.71. The Morgan fingerprint density at radius 2 is 1.75 bits per heavy atom. The Morgan fingerprint density at radius 1 is 1.10 bits per heavy atom. The van der Waals surface area contributed by atoms with Crippen LogP contribution in [0.15, 0.2) is 6.33 Å². The Labute approximate surface area is 120 Å². The lowest BCUT2D eigenvalue weighted by molar-refractivity contribution is 0.589. The number of anilines is 2. The van der Waals surface area contributed by atoms with Gasteiger partial charge in [-0.05, 0) is 13.3 Å². The monoisotopic (exact) mass is 301 g/mol. The Bertz CT molecular complexity index is 519. The second kappa shape index (κ2) is 8.01. The van der Waals surface area contributed by atoms with Gasteiger partial charge in [-0.2, -0.15) is 0 Å². The zero-order valence-electron chi connectivity index (χ0n) is 12.2. The summed E-state index contributed by atoms with van der Waals surface area (Å²) in [5.41, 5.74) is 1.04. The fraction of sp³-hybridized carbons (Fsp3) is 0.667. The maximum atomic E-state index is 11.0. The van der Waals surface area contributed by atoms with E-state index in [1.807, 2.05) is 6.92 Å². The molecule has 3 N–H and O–H groups in total.